The van der Waals surface area contributed by atoms with Gasteiger partial charge in [0.2, 0.25) is 5.91 Å². The quantitative estimate of drug-likeness (QED) is 0.715. The minimum atomic E-state index is -0.466. The van der Waals surface area contributed by atoms with Gasteiger partial charge in [0.25, 0.3) is 0 Å². The van der Waals surface area contributed by atoms with Gasteiger partial charge in [-0.1, -0.05) is 12.1 Å². The summed E-state index contributed by atoms with van der Waals surface area (Å²) >= 11 is 0. The van der Waals surface area contributed by atoms with Crippen molar-refractivity contribution in [2.45, 2.75) is 6.42 Å². The highest BCUT2D eigenvalue weighted by Gasteiger charge is 2.05. The van der Waals surface area contributed by atoms with E-state index in [2.05, 4.69) is 25.5 Å². The van der Waals surface area contributed by atoms with Crippen LogP contribution in [-0.4, -0.2) is 32.6 Å². The lowest BCUT2D eigenvalue weighted by Gasteiger charge is -2.06. The lowest BCUT2D eigenvalue weighted by molar-refractivity contribution is 0.100. The third-order valence-corrected chi connectivity index (χ3v) is 3.41. The number of aromatic nitrogens is 4. The minimum absolute atomic E-state index is 0.445. The number of hydrogen-bond acceptors (Lipinski definition) is 6. The summed E-state index contributed by atoms with van der Waals surface area (Å²) in [7, 11) is 0. The van der Waals surface area contributed by atoms with Gasteiger partial charge >= 0.3 is 0 Å². The van der Waals surface area contributed by atoms with Gasteiger partial charge in [-0.15, -0.1) is 10.2 Å². The second-order valence-electron chi connectivity index (χ2n) is 5.12. The Morgan fingerprint density at radius 1 is 1.12 bits per heavy atom. The van der Waals surface area contributed by atoms with E-state index in [1.807, 2.05) is 18.2 Å². The first-order valence-corrected chi connectivity index (χ1v) is 7.45. The van der Waals surface area contributed by atoms with Crippen molar-refractivity contribution in [1.82, 2.24) is 20.2 Å². The molecule has 2 heterocycles. The lowest BCUT2D eigenvalue weighted by atomic mass is 10.1. The second-order valence-corrected chi connectivity index (χ2v) is 5.12. The summed E-state index contributed by atoms with van der Waals surface area (Å²) in [5, 5.41) is 11.5. The van der Waals surface area contributed by atoms with Crippen LogP contribution in [0, 0.1) is 0 Å². The zero-order valence-electron chi connectivity index (χ0n) is 12.9. The summed E-state index contributed by atoms with van der Waals surface area (Å²) in [4.78, 5) is 19.5. The van der Waals surface area contributed by atoms with Crippen LogP contribution in [0.1, 0.15) is 16.1 Å². The molecule has 120 valence electrons. The van der Waals surface area contributed by atoms with E-state index in [9.17, 15) is 4.79 Å². The largest absolute Gasteiger partial charge is 0.368 e. The average molecular weight is 320 g/mol. The summed E-state index contributed by atoms with van der Waals surface area (Å²) in [5.41, 5.74) is 8.13. The van der Waals surface area contributed by atoms with Crippen LogP contribution < -0.4 is 11.1 Å². The number of carbonyl (C=O) groups is 1. The van der Waals surface area contributed by atoms with Crippen LogP contribution in [0.25, 0.3) is 11.3 Å². The third kappa shape index (κ3) is 3.89. The van der Waals surface area contributed by atoms with Crippen LogP contribution in [0.3, 0.4) is 0 Å². The molecule has 0 radical (unpaired) electrons. The first kappa shape index (κ1) is 15.5. The first-order valence-electron chi connectivity index (χ1n) is 7.45. The predicted octanol–water partition coefficient (Wildman–Crippen LogP) is 1.69. The van der Waals surface area contributed by atoms with Crippen molar-refractivity contribution in [3.8, 4) is 11.3 Å². The van der Waals surface area contributed by atoms with E-state index in [-0.39, 0.29) is 0 Å². The van der Waals surface area contributed by atoms with Crippen LogP contribution in [-0.2, 0) is 6.42 Å². The van der Waals surface area contributed by atoms with Gasteiger partial charge in [-0.25, -0.2) is 0 Å². The summed E-state index contributed by atoms with van der Waals surface area (Å²) in [6.45, 7) is 0.684. The molecule has 2 aromatic heterocycles. The first-order chi connectivity index (χ1) is 11.7. The van der Waals surface area contributed by atoms with Gasteiger partial charge in [0.1, 0.15) is 5.82 Å². The molecule has 0 atom stereocenters. The van der Waals surface area contributed by atoms with Crippen molar-refractivity contribution in [3.05, 3.63) is 66.2 Å². The van der Waals surface area contributed by atoms with E-state index in [0.29, 0.717) is 23.6 Å². The molecule has 3 N–H and O–H groups in total. The van der Waals surface area contributed by atoms with Crippen LogP contribution in [0.4, 0.5) is 5.82 Å². The van der Waals surface area contributed by atoms with Gasteiger partial charge in [-0.3, -0.25) is 14.8 Å². The molecule has 0 unspecified atom stereocenters. The Labute approximate surface area is 139 Å². The fraction of sp³-hybridized carbons (Fsp3) is 0.118. The molecule has 24 heavy (non-hydrogen) atoms. The molecule has 0 fully saturated rings. The summed E-state index contributed by atoms with van der Waals surface area (Å²) in [6, 6.07) is 10.7. The molecule has 0 aliphatic rings. The van der Waals surface area contributed by atoms with Crippen molar-refractivity contribution in [2.75, 3.05) is 11.9 Å². The van der Waals surface area contributed by atoms with Crippen molar-refractivity contribution in [3.63, 3.8) is 0 Å². The Bertz CT molecular complexity index is 820. The Balaban J connectivity index is 1.63. The van der Waals surface area contributed by atoms with E-state index < -0.39 is 5.91 Å². The highest BCUT2D eigenvalue weighted by atomic mass is 16.1. The molecule has 0 aliphatic carbocycles. The number of primary amides is 1. The summed E-state index contributed by atoms with van der Waals surface area (Å²) in [6.07, 6.45) is 5.80. The van der Waals surface area contributed by atoms with Gasteiger partial charge in [0.15, 0.2) is 0 Å². The lowest BCUT2D eigenvalue weighted by Crippen LogP contribution is -2.10. The van der Waals surface area contributed by atoms with Crippen molar-refractivity contribution >= 4 is 11.7 Å². The normalized spacial score (nSPS) is 10.3. The minimum Gasteiger partial charge on any atom is -0.368 e. The highest BCUT2D eigenvalue weighted by molar-refractivity contribution is 5.93. The molecule has 0 aliphatic heterocycles. The highest BCUT2D eigenvalue weighted by Crippen LogP contribution is 2.18. The molecule has 3 aromatic rings. The maximum atomic E-state index is 11.2. The number of hydrogen-bond donors (Lipinski definition) is 2. The molecule has 7 heteroatoms. The number of anilines is 1. The van der Waals surface area contributed by atoms with E-state index in [1.54, 1.807) is 36.8 Å². The maximum Gasteiger partial charge on any atom is 0.248 e. The van der Waals surface area contributed by atoms with E-state index in [4.69, 9.17) is 5.73 Å². The molecule has 7 nitrogen and oxygen atoms in total. The van der Waals surface area contributed by atoms with Crippen molar-refractivity contribution < 1.29 is 4.79 Å². The molecule has 0 bridgehead atoms. The van der Waals surface area contributed by atoms with E-state index in [1.165, 1.54) is 0 Å². The number of rotatable bonds is 6. The predicted molar refractivity (Wildman–Crippen MR) is 90.2 cm³/mol. The molecule has 1 amide bonds. The molecule has 3 rings (SSSR count). The zero-order valence-corrected chi connectivity index (χ0v) is 12.9. The number of nitrogens with one attached hydrogen (secondary N) is 1. The SMILES string of the molecule is NC(=O)c1cccc(-c2ccc(NCCc3cnccn3)nn2)c1. The van der Waals surface area contributed by atoms with Gasteiger partial charge < -0.3 is 11.1 Å². The van der Waals surface area contributed by atoms with Gasteiger partial charge in [-0.2, -0.15) is 0 Å². The molecule has 0 saturated carbocycles. The molecule has 0 saturated heterocycles. The number of amides is 1. The van der Waals surface area contributed by atoms with Gasteiger partial charge in [0.05, 0.1) is 11.4 Å². The van der Waals surface area contributed by atoms with Crippen molar-refractivity contribution in [2.24, 2.45) is 5.73 Å². The number of nitrogens with zero attached hydrogens (tertiary/aromatic N) is 4. The van der Waals surface area contributed by atoms with E-state index >= 15 is 0 Å². The summed E-state index contributed by atoms with van der Waals surface area (Å²) in [5.74, 6) is 0.209. The van der Waals surface area contributed by atoms with Gasteiger partial charge in [-0.05, 0) is 24.3 Å². The smallest absolute Gasteiger partial charge is 0.248 e. The Morgan fingerprint density at radius 2 is 2.04 bits per heavy atom. The van der Waals surface area contributed by atoms with Crippen LogP contribution in [0.5, 0.6) is 0 Å². The zero-order chi connectivity index (χ0) is 16.8. The number of carbonyl (C=O) groups excluding carboxylic acids is 1. The van der Waals surface area contributed by atoms with Crippen LogP contribution >= 0.6 is 0 Å². The second kappa shape index (κ2) is 7.28. The number of nitrogens with two attached hydrogens (primary N) is 1. The molecule has 0 spiro atoms. The maximum absolute atomic E-state index is 11.2. The van der Waals surface area contributed by atoms with Crippen LogP contribution in [0.15, 0.2) is 55.0 Å². The fourth-order valence-corrected chi connectivity index (χ4v) is 2.19. The Kier molecular flexibility index (Phi) is 4.71. The number of benzene rings is 1. The molecular weight excluding hydrogens is 304 g/mol. The van der Waals surface area contributed by atoms with Crippen molar-refractivity contribution in [1.29, 1.82) is 0 Å². The molecule has 1 aromatic carbocycles. The fourth-order valence-electron chi connectivity index (χ4n) is 2.19. The Morgan fingerprint density at radius 3 is 2.75 bits per heavy atom. The monoisotopic (exact) mass is 320 g/mol. The van der Waals surface area contributed by atoms with Crippen LogP contribution in [0.2, 0.25) is 0 Å². The molecular formula is C17H16N6O. The standard InChI is InChI=1S/C17H16N6O/c18-17(24)13-3-1-2-12(10-13)15-4-5-16(23-22-15)21-7-6-14-11-19-8-9-20-14/h1-5,8-11H,6-7H2,(H2,18,24)(H,21,23). The van der Waals surface area contributed by atoms with Gasteiger partial charge in [0, 0.05) is 42.7 Å². The van der Waals surface area contributed by atoms with E-state index in [0.717, 1.165) is 17.7 Å². The Hall–Kier alpha value is -3.35. The summed E-state index contributed by atoms with van der Waals surface area (Å²) < 4.78 is 0. The average Bonchev–Trinajstić information content (AvgIpc) is 2.63. The third-order valence-electron chi connectivity index (χ3n) is 3.41. The topological polar surface area (TPSA) is 107 Å².